The molecule has 3 heteroatoms. The topological polar surface area (TPSA) is 63.3 Å². The zero-order valence-corrected chi connectivity index (χ0v) is 7.99. The molecule has 0 aliphatic heterocycles. The molecule has 1 aliphatic rings. The average Bonchev–Trinajstić information content (AvgIpc) is 2.79. The molecule has 0 saturated heterocycles. The van der Waals surface area contributed by atoms with Gasteiger partial charge in [-0.1, -0.05) is 12.2 Å². The molecule has 1 saturated carbocycles. The smallest absolute Gasteiger partial charge is 0.307 e. The summed E-state index contributed by atoms with van der Waals surface area (Å²) in [7, 11) is 0. The predicted octanol–water partition coefficient (Wildman–Crippen LogP) is 1.53. The van der Waals surface area contributed by atoms with Gasteiger partial charge in [-0.2, -0.15) is 0 Å². The second-order valence-electron chi connectivity index (χ2n) is 4.05. The molecule has 1 fully saturated rings. The molecule has 1 aliphatic carbocycles. The summed E-state index contributed by atoms with van der Waals surface area (Å²) in [6.07, 6.45) is 6.88. The monoisotopic (exact) mass is 183 g/mol. The summed E-state index contributed by atoms with van der Waals surface area (Å²) in [6.45, 7) is 2.04. The molecular weight excluding hydrogens is 166 g/mol. The Labute approximate surface area is 78.6 Å². The SMILES string of the molecule is CC(N)(C/C=C/CC(=O)O)C1CC1. The highest BCUT2D eigenvalue weighted by molar-refractivity contribution is 5.68. The molecule has 13 heavy (non-hydrogen) atoms. The van der Waals surface area contributed by atoms with E-state index in [1.807, 2.05) is 13.0 Å². The number of nitrogens with two attached hydrogens (primary N) is 1. The lowest BCUT2D eigenvalue weighted by molar-refractivity contribution is -0.136. The highest BCUT2D eigenvalue weighted by Crippen LogP contribution is 2.39. The molecule has 0 aromatic carbocycles. The van der Waals surface area contributed by atoms with Crippen molar-refractivity contribution in [3.63, 3.8) is 0 Å². The normalized spacial score (nSPS) is 21.7. The zero-order valence-electron chi connectivity index (χ0n) is 7.99. The Balaban J connectivity index is 2.23. The van der Waals surface area contributed by atoms with E-state index in [4.69, 9.17) is 10.8 Å². The van der Waals surface area contributed by atoms with Crippen molar-refractivity contribution < 1.29 is 9.90 Å². The summed E-state index contributed by atoms with van der Waals surface area (Å²) in [4.78, 5) is 10.2. The van der Waals surface area contributed by atoms with Crippen LogP contribution in [0.2, 0.25) is 0 Å². The fraction of sp³-hybridized carbons (Fsp3) is 0.700. The first-order valence-corrected chi connectivity index (χ1v) is 4.68. The number of carbonyl (C=O) groups is 1. The minimum absolute atomic E-state index is 0.0980. The largest absolute Gasteiger partial charge is 0.481 e. The van der Waals surface area contributed by atoms with Gasteiger partial charge in [-0.3, -0.25) is 4.79 Å². The van der Waals surface area contributed by atoms with Gasteiger partial charge in [0.15, 0.2) is 0 Å². The third-order valence-electron chi connectivity index (χ3n) is 2.53. The van der Waals surface area contributed by atoms with Gasteiger partial charge < -0.3 is 10.8 Å². The summed E-state index contributed by atoms with van der Waals surface area (Å²) in [5.41, 5.74) is 5.91. The molecule has 0 bridgehead atoms. The molecule has 1 rings (SSSR count). The van der Waals surface area contributed by atoms with Gasteiger partial charge in [0.05, 0.1) is 6.42 Å². The summed E-state index contributed by atoms with van der Waals surface area (Å²) in [5, 5.41) is 8.38. The number of hydrogen-bond acceptors (Lipinski definition) is 2. The molecule has 3 N–H and O–H groups in total. The third-order valence-corrected chi connectivity index (χ3v) is 2.53. The van der Waals surface area contributed by atoms with Crippen LogP contribution in [0.3, 0.4) is 0 Å². The number of rotatable bonds is 5. The van der Waals surface area contributed by atoms with E-state index in [9.17, 15) is 4.79 Å². The Morgan fingerprint density at radius 2 is 2.23 bits per heavy atom. The number of carboxylic acids is 1. The maximum atomic E-state index is 10.2. The van der Waals surface area contributed by atoms with Gasteiger partial charge in [0.2, 0.25) is 0 Å². The van der Waals surface area contributed by atoms with Crippen molar-refractivity contribution in [2.24, 2.45) is 11.7 Å². The van der Waals surface area contributed by atoms with Gasteiger partial charge >= 0.3 is 5.97 Å². The Morgan fingerprint density at radius 3 is 2.69 bits per heavy atom. The van der Waals surface area contributed by atoms with Crippen LogP contribution in [0.5, 0.6) is 0 Å². The molecule has 1 unspecified atom stereocenters. The van der Waals surface area contributed by atoms with Crippen LogP contribution in [0.4, 0.5) is 0 Å². The van der Waals surface area contributed by atoms with Gasteiger partial charge in [0.25, 0.3) is 0 Å². The molecule has 0 aromatic rings. The quantitative estimate of drug-likeness (QED) is 0.635. The van der Waals surface area contributed by atoms with Crippen molar-refractivity contribution in [3.05, 3.63) is 12.2 Å². The summed E-state index contributed by atoms with van der Waals surface area (Å²) in [5.74, 6) is -0.150. The molecule has 0 aromatic heterocycles. The Morgan fingerprint density at radius 1 is 1.62 bits per heavy atom. The van der Waals surface area contributed by atoms with Crippen molar-refractivity contribution in [1.29, 1.82) is 0 Å². The lowest BCUT2D eigenvalue weighted by Gasteiger charge is -2.22. The molecule has 0 amide bonds. The minimum atomic E-state index is -0.790. The van der Waals surface area contributed by atoms with Crippen LogP contribution in [-0.4, -0.2) is 16.6 Å². The molecule has 3 nitrogen and oxygen atoms in total. The van der Waals surface area contributed by atoms with E-state index in [1.54, 1.807) is 6.08 Å². The maximum Gasteiger partial charge on any atom is 0.307 e. The fourth-order valence-corrected chi connectivity index (χ4v) is 1.43. The second kappa shape index (κ2) is 3.92. The number of carboxylic acid groups (broad SMARTS) is 1. The van der Waals surface area contributed by atoms with Gasteiger partial charge in [-0.25, -0.2) is 0 Å². The first-order valence-electron chi connectivity index (χ1n) is 4.68. The van der Waals surface area contributed by atoms with Crippen molar-refractivity contribution in [1.82, 2.24) is 0 Å². The van der Waals surface area contributed by atoms with Crippen molar-refractivity contribution in [2.75, 3.05) is 0 Å². The van der Waals surface area contributed by atoms with Crippen LogP contribution >= 0.6 is 0 Å². The molecular formula is C10H17NO2. The van der Waals surface area contributed by atoms with E-state index in [2.05, 4.69) is 0 Å². The summed E-state index contributed by atoms with van der Waals surface area (Å²) in [6, 6.07) is 0. The zero-order chi connectivity index (χ0) is 9.90. The average molecular weight is 183 g/mol. The Bertz CT molecular complexity index is 217. The highest BCUT2D eigenvalue weighted by atomic mass is 16.4. The fourth-order valence-electron chi connectivity index (χ4n) is 1.43. The van der Waals surface area contributed by atoms with Crippen molar-refractivity contribution in [3.8, 4) is 0 Å². The van der Waals surface area contributed by atoms with Gasteiger partial charge in [0, 0.05) is 5.54 Å². The minimum Gasteiger partial charge on any atom is -0.481 e. The van der Waals surface area contributed by atoms with E-state index >= 15 is 0 Å². The van der Waals surface area contributed by atoms with Gasteiger partial charge in [0.1, 0.15) is 0 Å². The summed E-state index contributed by atoms with van der Waals surface area (Å²) >= 11 is 0. The number of hydrogen-bond donors (Lipinski definition) is 2. The lowest BCUT2D eigenvalue weighted by Crippen LogP contribution is -2.37. The third kappa shape index (κ3) is 3.59. The van der Waals surface area contributed by atoms with E-state index in [-0.39, 0.29) is 12.0 Å². The van der Waals surface area contributed by atoms with E-state index in [0.717, 1.165) is 6.42 Å². The van der Waals surface area contributed by atoms with Crippen LogP contribution in [0.1, 0.15) is 32.6 Å². The molecule has 1 atom stereocenters. The summed E-state index contributed by atoms with van der Waals surface area (Å²) < 4.78 is 0. The van der Waals surface area contributed by atoms with Crippen LogP contribution in [-0.2, 0) is 4.79 Å². The van der Waals surface area contributed by atoms with Crippen LogP contribution in [0, 0.1) is 5.92 Å². The van der Waals surface area contributed by atoms with E-state index in [0.29, 0.717) is 5.92 Å². The van der Waals surface area contributed by atoms with Gasteiger partial charge in [-0.05, 0) is 32.1 Å². The lowest BCUT2D eigenvalue weighted by atomic mass is 9.93. The second-order valence-corrected chi connectivity index (χ2v) is 4.05. The predicted molar refractivity (Wildman–Crippen MR) is 51.3 cm³/mol. The molecule has 0 heterocycles. The standard InChI is InChI=1S/C10H17NO2/c1-10(11,8-5-6-8)7-3-2-4-9(12)13/h2-3,8H,4-7,11H2,1H3,(H,12,13)/b3-2+. The van der Waals surface area contributed by atoms with Crippen LogP contribution < -0.4 is 5.73 Å². The highest BCUT2D eigenvalue weighted by Gasteiger charge is 2.37. The first-order chi connectivity index (χ1) is 6.02. The molecule has 74 valence electrons. The Hall–Kier alpha value is -0.830. The van der Waals surface area contributed by atoms with E-state index < -0.39 is 5.97 Å². The van der Waals surface area contributed by atoms with E-state index in [1.165, 1.54) is 12.8 Å². The number of aliphatic carboxylic acids is 1. The van der Waals surface area contributed by atoms with Crippen molar-refractivity contribution >= 4 is 5.97 Å². The first kappa shape index (κ1) is 10.3. The van der Waals surface area contributed by atoms with Crippen LogP contribution in [0.25, 0.3) is 0 Å². The van der Waals surface area contributed by atoms with Crippen molar-refractivity contribution in [2.45, 2.75) is 38.1 Å². The molecule has 0 radical (unpaired) electrons. The maximum absolute atomic E-state index is 10.2. The van der Waals surface area contributed by atoms with Crippen LogP contribution in [0.15, 0.2) is 12.2 Å². The Kier molecular flexibility index (Phi) is 3.09. The molecule has 0 spiro atoms. The van der Waals surface area contributed by atoms with Gasteiger partial charge in [-0.15, -0.1) is 0 Å².